The van der Waals surface area contributed by atoms with Gasteiger partial charge in [0.1, 0.15) is 5.75 Å². The Hall–Kier alpha value is -2.28. The number of hydrogen-bond acceptors (Lipinski definition) is 1. The van der Waals surface area contributed by atoms with E-state index in [4.69, 9.17) is 0 Å². The van der Waals surface area contributed by atoms with Crippen molar-refractivity contribution in [3.05, 3.63) is 65.7 Å². The molecule has 3 aromatic rings. The van der Waals surface area contributed by atoms with E-state index in [-0.39, 0.29) is 10.8 Å². The van der Waals surface area contributed by atoms with E-state index in [1.807, 2.05) is 18.2 Å². The van der Waals surface area contributed by atoms with E-state index < -0.39 is 0 Å². The first-order chi connectivity index (χ1) is 11.8. The Bertz CT molecular complexity index is 963. The lowest BCUT2D eigenvalue weighted by molar-refractivity contribution is 0.332. The number of aromatic hydroxyl groups is 1. The number of benzene rings is 3. The van der Waals surface area contributed by atoms with Crippen molar-refractivity contribution in [2.24, 2.45) is 0 Å². The lowest BCUT2D eigenvalue weighted by atomic mass is 9.63. The fourth-order valence-corrected chi connectivity index (χ4v) is 4.18. The third kappa shape index (κ3) is 2.72. The Morgan fingerprint density at radius 1 is 0.680 bits per heavy atom. The molecule has 0 fully saturated rings. The minimum Gasteiger partial charge on any atom is -0.508 e. The standard InChI is InChI=1S/C24H26O/c1-23(2)10-11-24(3,4)22-15-19-12-17(8-9-18(19)14-21(22)23)16-6-5-7-20(25)13-16/h5-9,12-15,25H,10-11H2,1-4H3. The van der Waals surface area contributed by atoms with Crippen LogP contribution in [0.2, 0.25) is 0 Å². The van der Waals surface area contributed by atoms with Crippen LogP contribution in [-0.4, -0.2) is 5.11 Å². The topological polar surface area (TPSA) is 20.2 Å². The summed E-state index contributed by atoms with van der Waals surface area (Å²) in [6.07, 6.45) is 2.46. The van der Waals surface area contributed by atoms with Gasteiger partial charge in [-0.15, -0.1) is 0 Å². The molecule has 0 spiro atoms. The van der Waals surface area contributed by atoms with Gasteiger partial charge in [-0.1, -0.05) is 64.1 Å². The number of fused-ring (bicyclic) bond motifs is 2. The van der Waals surface area contributed by atoms with Gasteiger partial charge >= 0.3 is 0 Å². The zero-order valence-corrected chi connectivity index (χ0v) is 15.6. The van der Waals surface area contributed by atoms with E-state index >= 15 is 0 Å². The fraction of sp³-hybridized carbons (Fsp3) is 0.333. The van der Waals surface area contributed by atoms with Crippen LogP contribution < -0.4 is 0 Å². The van der Waals surface area contributed by atoms with Crippen molar-refractivity contribution in [2.45, 2.75) is 51.4 Å². The Labute approximate surface area is 150 Å². The van der Waals surface area contributed by atoms with Crippen molar-refractivity contribution in [1.29, 1.82) is 0 Å². The molecule has 0 saturated heterocycles. The molecule has 0 saturated carbocycles. The highest BCUT2D eigenvalue weighted by Crippen LogP contribution is 2.47. The Kier molecular flexibility index (Phi) is 3.47. The second-order valence-electron chi connectivity index (χ2n) is 8.78. The first kappa shape index (κ1) is 16.2. The number of phenols is 1. The van der Waals surface area contributed by atoms with Gasteiger partial charge in [0.15, 0.2) is 0 Å². The van der Waals surface area contributed by atoms with Gasteiger partial charge in [-0.2, -0.15) is 0 Å². The van der Waals surface area contributed by atoms with Gasteiger partial charge in [-0.25, -0.2) is 0 Å². The first-order valence-electron chi connectivity index (χ1n) is 9.14. The van der Waals surface area contributed by atoms with Crippen LogP contribution in [0.4, 0.5) is 0 Å². The molecule has 4 rings (SSSR count). The van der Waals surface area contributed by atoms with Crippen LogP contribution in [0.25, 0.3) is 21.9 Å². The van der Waals surface area contributed by atoms with Crippen LogP contribution in [0, 0.1) is 0 Å². The van der Waals surface area contributed by atoms with E-state index in [0.717, 1.165) is 11.1 Å². The van der Waals surface area contributed by atoms with Gasteiger partial charge in [0.25, 0.3) is 0 Å². The predicted octanol–water partition coefficient (Wildman–Crippen LogP) is 6.56. The highest BCUT2D eigenvalue weighted by molar-refractivity contribution is 5.89. The molecular formula is C24H26O. The van der Waals surface area contributed by atoms with Gasteiger partial charge in [0.05, 0.1) is 0 Å². The molecule has 3 aromatic carbocycles. The van der Waals surface area contributed by atoms with Gasteiger partial charge < -0.3 is 5.11 Å². The summed E-state index contributed by atoms with van der Waals surface area (Å²) in [5, 5.41) is 12.4. The number of phenolic OH excluding ortho intramolecular Hbond substituents is 1. The summed E-state index contributed by atoms with van der Waals surface area (Å²) in [7, 11) is 0. The summed E-state index contributed by atoms with van der Waals surface area (Å²) >= 11 is 0. The first-order valence-corrected chi connectivity index (χ1v) is 9.14. The molecule has 0 unspecified atom stereocenters. The fourth-order valence-electron chi connectivity index (χ4n) is 4.18. The maximum absolute atomic E-state index is 9.77. The maximum Gasteiger partial charge on any atom is 0.116 e. The Morgan fingerprint density at radius 3 is 1.92 bits per heavy atom. The molecule has 0 heterocycles. The van der Waals surface area contributed by atoms with Crippen LogP contribution in [-0.2, 0) is 10.8 Å². The van der Waals surface area contributed by atoms with Gasteiger partial charge in [0.2, 0.25) is 0 Å². The molecule has 0 bridgehead atoms. The van der Waals surface area contributed by atoms with Crippen molar-refractivity contribution in [3.8, 4) is 16.9 Å². The highest BCUT2D eigenvalue weighted by atomic mass is 16.3. The van der Waals surface area contributed by atoms with E-state index in [0.29, 0.717) is 5.75 Å². The van der Waals surface area contributed by atoms with Crippen molar-refractivity contribution >= 4 is 10.8 Å². The molecule has 25 heavy (non-hydrogen) atoms. The lowest BCUT2D eigenvalue weighted by Gasteiger charge is -2.42. The summed E-state index contributed by atoms with van der Waals surface area (Å²) in [5.74, 6) is 0.311. The van der Waals surface area contributed by atoms with Crippen molar-refractivity contribution < 1.29 is 5.11 Å². The largest absolute Gasteiger partial charge is 0.508 e. The zero-order valence-electron chi connectivity index (χ0n) is 15.6. The minimum absolute atomic E-state index is 0.222. The Morgan fingerprint density at radius 2 is 1.28 bits per heavy atom. The second-order valence-corrected chi connectivity index (χ2v) is 8.78. The van der Waals surface area contributed by atoms with Gasteiger partial charge in [-0.3, -0.25) is 0 Å². The molecule has 0 atom stereocenters. The molecule has 1 aliphatic carbocycles. The van der Waals surface area contributed by atoms with Crippen LogP contribution in [0.15, 0.2) is 54.6 Å². The van der Waals surface area contributed by atoms with E-state index in [2.05, 4.69) is 58.0 Å². The van der Waals surface area contributed by atoms with Crippen LogP contribution in [0.1, 0.15) is 51.7 Å². The molecular weight excluding hydrogens is 304 g/mol. The molecule has 0 aromatic heterocycles. The molecule has 128 valence electrons. The predicted molar refractivity (Wildman–Crippen MR) is 106 cm³/mol. The normalized spacial score (nSPS) is 18.1. The molecule has 1 N–H and O–H groups in total. The van der Waals surface area contributed by atoms with Crippen molar-refractivity contribution in [2.75, 3.05) is 0 Å². The summed E-state index contributed by atoms with van der Waals surface area (Å²) in [6, 6.07) is 18.9. The summed E-state index contributed by atoms with van der Waals surface area (Å²) in [4.78, 5) is 0. The van der Waals surface area contributed by atoms with Crippen molar-refractivity contribution in [3.63, 3.8) is 0 Å². The second kappa shape index (κ2) is 5.36. The molecule has 0 radical (unpaired) electrons. The maximum atomic E-state index is 9.77. The average Bonchev–Trinajstić information content (AvgIpc) is 2.57. The smallest absolute Gasteiger partial charge is 0.116 e. The van der Waals surface area contributed by atoms with Gasteiger partial charge in [-0.05, 0) is 74.9 Å². The summed E-state index contributed by atoms with van der Waals surface area (Å²) in [6.45, 7) is 9.47. The third-order valence-corrected chi connectivity index (χ3v) is 5.99. The minimum atomic E-state index is 0.222. The van der Waals surface area contributed by atoms with Crippen LogP contribution in [0.3, 0.4) is 0 Å². The van der Waals surface area contributed by atoms with E-state index in [1.165, 1.54) is 34.7 Å². The van der Waals surface area contributed by atoms with Crippen LogP contribution >= 0.6 is 0 Å². The molecule has 1 aliphatic rings. The number of rotatable bonds is 1. The number of hydrogen-bond donors (Lipinski definition) is 1. The van der Waals surface area contributed by atoms with Crippen molar-refractivity contribution in [1.82, 2.24) is 0 Å². The summed E-state index contributed by atoms with van der Waals surface area (Å²) in [5.41, 5.74) is 5.66. The Balaban J connectivity index is 1.92. The molecule has 1 nitrogen and oxygen atoms in total. The third-order valence-electron chi connectivity index (χ3n) is 5.99. The SMILES string of the molecule is CC1(C)CCC(C)(C)c2cc3cc(-c4cccc(O)c4)ccc3cc21. The molecule has 0 amide bonds. The van der Waals surface area contributed by atoms with E-state index in [1.54, 1.807) is 6.07 Å². The average molecular weight is 330 g/mol. The highest BCUT2D eigenvalue weighted by Gasteiger charge is 2.37. The summed E-state index contributed by atoms with van der Waals surface area (Å²) < 4.78 is 0. The van der Waals surface area contributed by atoms with Gasteiger partial charge in [0, 0.05) is 0 Å². The quantitative estimate of drug-likeness (QED) is 0.535. The lowest BCUT2D eigenvalue weighted by Crippen LogP contribution is -2.33. The zero-order chi connectivity index (χ0) is 17.8. The monoisotopic (exact) mass is 330 g/mol. The van der Waals surface area contributed by atoms with E-state index in [9.17, 15) is 5.11 Å². The molecule has 0 aliphatic heterocycles. The van der Waals surface area contributed by atoms with Crippen LogP contribution in [0.5, 0.6) is 5.75 Å². The molecule has 1 heteroatoms.